The Morgan fingerprint density at radius 1 is 1.46 bits per heavy atom. The van der Waals surface area contributed by atoms with E-state index in [1.807, 2.05) is 12.1 Å². The van der Waals surface area contributed by atoms with E-state index in [-0.39, 0.29) is 0 Å². The first-order chi connectivity index (χ1) is 6.33. The summed E-state index contributed by atoms with van der Waals surface area (Å²) in [4.78, 5) is 4.63. The van der Waals surface area contributed by atoms with Gasteiger partial charge in [-0.2, -0.15) is 0 Å². The molecule has 0 spiro atoms. The number of thiophene rings is 1. The Labute approximate surface area is 88.4 Å². The number of halogens is 1. The molecule has 2 aromatic rings. The second-order valence-corrected chi connectivity index (χ2v) is 4.42. The van der Waals surface area contributed by atoms with Gasteiger partial charge in [0, 0.05) is 9.17 Å². The van der Waals surface area contributed by atoms with Gasteiger partial charge in [0.25, 0.3) is 0 Å². The van der Waals surface area contributed by atoms with Crippen molar-refractivity contribution >= 4 is 37.4 Å². The van der Waals surface area contributed by atoms with Gasteiger partial charge in [0.1, 0.15) is 0 Å². The highest BCUT2D eigenvalue weighted by atomic mass is 79.9. The van der Waals surface area contributed by atoms with Crippen LogP contribution in [-0.4, -0.2) is 0 Å². The number of nitrogens with two attached hydrogens (primary N) is 1. The zero-order chi connectivity index (χ0) is 9.26. The molecule has 1 aromatic heterocycles. The van der Waals surface area contributed by atoms with Crippen LogP contribution in [0.2, 0.25) is 0 Å². The van der Waals surface area contributed by atoms with Crippen LogP contribution in [0.5, 0.6) is 0 Å². The van der Waals surface area contributed by atoms with E-state index in [2.05, 4.69) is 32.2 Å². The first kappa shape index (κ1) is 9.15. The fourth-order valence-corrected chi connectivity index (χ4v) is 2.88. The monoisotopic (exact) mass is 257 g/mol. The van der Waals surface area contributed by atoms with Gasteiger partial charge in [0.15, 0.2) is 0 Å². The Morgan fingerprint density at radius 3 is 3.08 bits per heavy atom. The molecule has 0 saturated heterocycles. The molecule has 0 fully saturated rings. The average Bonchev–Trinajstić information content (AvgIpc) is 2.51. The smallest absolute Gasteiger partial charge is 0.0944 e. The lowest BCUT2D eigenvalue weighted by molar-refractivity contribution is 0.125. The third-order valence-corrected chi connectivity index (χ3v) is 3.87. The van der Waals surface area contributed by atoms with E-state index in [4.69, 9.17) is 5.90 Å². The minimum absolute atomic E-state index is 0.469. The molecule has 0 unspecified atom stereocenters. The molecule has 0 atom stereocenters. The van der Waals surface area contributed by atoms with E-state index in [1.165, 1.54) is 10.1 Å². The largest absolute Gasteiger partial charge is 0.300 e. The molecule has 2 rings (SSSR count). The Hall–Kier alpha value is -0.420. The highest BCUT2D eigenvalue weighted by molar-refractivity contribution is 9.10. The first-order valence-electron chi connectivity index (χ1n) is 3.79. The second kappa shape index (κ2) is 3.75. The molecule has 2 nitrogen and oxygen atoms in total. The quantitative estimate of drug-likeness (QED) is 0.840. The zero-order valence-corrected chi connectivity index (χ0v) is 9.19. The molecular formula is C9H8BrNOS. The second-order valence-electron chi connectivity index (χ2n) is 2.69. The maximum atomic E-state index is 5.04. The van der Waals surface area contributed by atoms with E-state index in [1.54, 1.807) is 11.3 Å². The van der Waals surface area contributed by atoms with Crippen molar-refractivity contribution in [3.63, 3.8) is 0 Å². The standard InChI is InChI=1S/C9H8BrNOS/c10-8-3-1-2-7-6(4-12-11)5-13-9(7)8/h1-3,5H,4,11H2. The van der Waals surface area contributed by atoms with E-state index in [0.29, 0.717) is 6.61 Å². The lowest BCUT2D eigenvalue weighted by Gasteiger charge is -1.96. The van der Waals surface area contributed by atoms with Crippen molar-refractivity contribution in [2.45, 2.75) is 6.61 Å². The van der Waals surface area contributed by atoms with Gasteiger partial charge in [-0.1, -0.05) is 12.1 Å². The summed E-state index contributed by atoms with van der Waals surface area (Å²) in [6.07, 6.45) is 0. The van der Waals surface area contributed by atoms with Crippen LogP contribution in [-0.2, 0) is 11.4 Å². The Balaban J connectivity index is 2.61. The summed E-state index contributed by atoms with van der Waals surface area (Å²) >= 11 is 5.20. The number of hydrogen-bond donors (Lipinski definition) is 1. The fraction of sp³-hybridized carbons (Fsp3) is 0.111. The van der Waals surface area contributed by atoms with Crippen LogP contribution in [0, 0.1) is 0 Å². The number of hydrogen-bond acceptors (Lipinski definition) is 3. The van der Waals surface area contributed by atoms with Gasteiger partial charge in [-0.05, 0) is 38.3 Å². The Morgan fingerprint density at radius 2 is 2.31 bits per heavy atom. The van der Waals surface area contributed by atoms with E-state index >= 15 is 0 Å². The van der Waals surface area contributed by atoms with Crippen LogP contribution >= 0.6 is 27.3 Å². The van der Waals surface area contributed by atoms with Gasteiger partial charge in [-0.3, -0.25) is 4.84 Å². The lowest BCUT2D eigenvalue weighted by atomic mass is 10.2. The molecule has 1 aromatic carbocycles. The van der Waals surface area contributed by atoms with Crippen molar-refractivity contribution < 1.29 is 4.84 Å². The Bertz CT molecular complexity index is 426. The van der Waals surface area contributed by atoms with Gasteiger partial charge >= 0.3 is 0 Å². The molecule has 4 heteroatoms. The summed E-state index contributed by atoms with van der Waals surface area (Å²) in [5, 5.41) is 3.28. The van der Waals surface area contributed by atoms with Gasteiger partial charge in [0.05, 0.1) is 6.61 Å². The molecular weight excluding hydrogens is 250 g/mol. The van der Waals surface area contributed by atoms with E-state index < -0.39 is 0 Å². The summed E-state index contributed by atoms with van der Waals surface area (Å²) in [6.45, 7) is 0.469. The predicted octanol–water partition coefficient (Wildman–Crippen LogP) is 3.05. The Kier molecular flexibility index (Phi) is 2.64. The van der Waals surface area contributed by atoms with E-state index in [9.17, 15) is 0 Å². The van der Waals surface area contributed by atoms with Gasteiger partial charge in [-0.25, -0.2) is 5.90 Å². The molecule has 0 saturated carbocycles. The molecule has 0 aliphatic carbocycles. The summed E-state index contributed by atoms with van der Waals surface area (Å²) in [6, 6.07) is 6.12. The summed E-state index contributed by atoms with van der Waals surface area (Å²) in [7, 11) is 0. The van der Waals surface area contributed by atoms with Crippen LogP contribution in [0.15, 0.2) is 28.1 Å². The predicted molar refractivity (Wildman–Crippen MR) is 58.5 cm³/mol. The van der Waals surface area contributed by atoms with Crippen molar-refractivity contribution in [3.05, 3.63) is 33.6 Å². The third-order valence-electron chi connectivity index (χ3n) is 1.87. The van der Waals surface area contributed by atoms with Crippen LogP contribution in [0.3, 0.4) is 0 Å². The fourth-order valence-electron chi connectivity index (χ4n) is 1.28. The summed E-state index contributed by atoms with van der Waals surface area (Å²) < 4.78 is 2.37. The summed E-state index contributed by atoms with van der Waals surface area (Å²) in [5.74, 6) is 5.04. The highest BCUT2D eigenvalue weighted by Gasteiger charge is 2.05. The van der Waals surface area contributed by atoms with Crippen molar-refractivity contribution in [1.82, 2.24) is 0 Å². The molecule has 13 heavy (non-hydrogen) atoms. The van der Waals surface area contributed by atoms with Crippen LogP contribution in [0.1, 0.15) is 5.56 Å². The zero-order valence-electron chi connectivity index (χ0n) is 6.79. The maximum absolute atomic E-state index is 5.04. The minimum atomic E-state index is 0.469. The van der Waals surface area contributed by atoms with Gasteiger partial charge in [-0.15, -0.1) is 11.3 Å². The topological polar surface area (TPSA) is 35.2 Å². The molecule has 0 radical (unpaired) electrons. The van der Waals surface area contributed by atoms with Crippen molar-refractivity contribution in [1.29, 1.82) is 0 Å². The van der Waals surface area contributed by atoms with Crippen LogP contribution < -0.4 is 5.90 Å². The van der Waals surface area contributed by atoms with Gasteiger partial charge in [0.2, 0.25) is 0 Å². The average molecular weight is 258 g/mol. The van der Waals surface area contributed by atoms with Crippen molar-refractivity contribution in [3.8, 4) is 0 Å². The number of benzene rings is 1. The molecule has 0 aliphatic heterocycles. The normalized spacial score (nSPS) is 10.9. The molecule has 0 amide bonds. The SMILES string of the molecule is NOCc1csc2c(Br)cccc12. The minimum Gasteiger partial charge on any atom is -0.300 e. The number of rotatable bonds is 2. The van der Waals surface area contributed by atoms with Crippen LogP contribution in [0.25, 0.3) is 10.1 Å². The molecule has 0 aliphatic rings. The molecule has 1 heterocycles. The summed E-state index contributed by atoms with van der Waals surface area (Å²) in [5.41, 5.74) is 1.14. The van der Waals surface area contributed by atoms with Gasteiger partial charge < -0.3 is 0 Å². The first-order valence-corrected chi connectivity index (χ1v) is 5.46. The van der Waals surface area contributed by atoms with Crippen molar-refractivity contribution in [2.24, 2.45) is 5.90 Å². The van der Waals surface area contributed by atoms with E-state index in [0.717, 1.165) is 10.0 Å². The van der Waals surface area contributed by atoms with Crippen LogP contribution in [0.4, 0.5) is 0 Å². The lowest BCUT2D eigenvalue weighted by Crippen LogP contribution is -1.97. The maximum Gasteiger partial charge on any atom is 0.0944 e. The number of fused-ring (bicyclic) bond motifs is 1. The highest BCUT2D eigenvalue weighted by Crippen LogP contribution is 2.32. The van der Waals surface area contributed by atoms with Crippen molar-refractivity contribution in [2.75, 3.05) is 0 Å². The third kappa shape index (κ3) is 1.62. The molecule has 68 valence electrons. The molecule has 2 N–H and O–H groups in total. The molecule has 0 bridgehead atoms.